The van der Waals surface area contributed by atoms with E-state index in [1.807, 2.05) is 0 Å². The molecule has 0 spiro atoms. The standard InChI is InChI=1S/C21H20ClFN4O5S/c1-31-21(30)16-14(9-27-5-6-32-10-15(27)20(28)29)25-18(19-24-4-7-33-19)26-17(16)12-3-2-11(22)8-13(12)23/h2-4,7-8,15,17H,5-6,9-10H2,1H3,(H,25,26)(H,28,29)/t15-,17-/m0/s1. The maximum Gasteiger partial charge on any atom is 0.338 e. The maximum atomic E-state index is 14.9. The zero-order valence-corrected chi connectivity index (χ0v) is 19.0. The molecule has 12 heteroatoms. The molecule has 1 aromatic heterocycles. The number of amidine groups is 1. The van der Waals surface area contributed by atoms with Gasteiger partial charge in [0.1, 0.15) is 17.9 Å². The van der Waals surface area contributed by atoms with Crippen LogP contribution in [0.15, 0.2) is 46.0 Å². The summed E-state index contributed by atoms with van der Waals surface area (Å²) >= 11 is 7.24. The number of nitrogens with one attached hydrogen (secondary N) is 1. The Morgan fingerprint density at radius 2 is 2.27 bits per heavy atom. The van der Waals surface area contributed by atoms with E-state index in [0.717, 1.165) is 6.07 Å². The summed E-state index contributed by atoms with van der Waals surface area (Å²) in [4.78, 5) is 35.2. The lowest BCUT2D eigenvalue weighted by molar-refractivity contribution is -0.149. The van der Waals surface area contributed by atoms with Crippen molar-refractivity contribution in [2.75, 3.05) is 33.4 Å². The van der Waals surface area contributed by atoms with Crippen LogP contribution in [0.25, 0.3) is 0 Å². The van der Waals surface area contributed by atoms with Gasteiger partial charge in [0, 0.05) is 40.9 Å². The number of aliphatic imine (C=N–C) groups is 1. The largest absolute Gasteiger partial charge is 0.480 e. The summed E-state index contributed by atoms with van der Waals surface area (Å²) in [7, 11) is 1.22. The van der Waals surface area contributed by atoms with Crippen LogP contribution in [-0.4, -0.2) is 72.2 Å². The lowest BCUT2D eigenvalue weighted by atomic mass is 9.94. The van der Waals surface area contributed by atoms with Gasteiger partial charge in [-0.05, 0) is 12.1 Å². The third-order valence-corrected chi connectivity index (χ3v) is 6.32. The zero-order valence-electron chi connectivity index (χ0n) is 17.5. The Labute approximate surface area is 197 Å². The number of halogens is 2. The van der Waals surface area contributed by atoms with Crippen molar-refractivity contribution >= 4 is 40.7 Å². The van der Waals surface area contributed by atoms with E-state index in [2.05, 4.69) is 15.3 Å². The highest BCUT2D eigenvalue weighted by Crippen LogP contribution is 2.35. The van der Waals surface area contributed by atoms with Gasteiger partial charge in [-0.15, -0.1) is 11.3 Å². The SMILES string of the molecule is COC(=O)C1=C(CN2CCOC[C@H]2C(=O)O)NC(c2nccs2)=N[C@H]1c1ccc(Cl)cc1F. The lowest BCUT2D eigenvalue weighted by Gasteiger charge is -2.35. The Kier molecular flexibility index (Phi) is 7.03. The number of carboxylic acids is 1. The minimum atomic E-state index is -1.05. The van der Waals surface area contributed by atoms with Gasteiger partial charge in [-0.3, -0.25) is 14.7 Å². The number of ether oxygens (including phenoxy) is 2. The van der Waals surface area contributed by atoms with Crippen LogP contribution in [0.1, 0.15) is 16.6 Å². The van der Waals surface area contributed by atoms with Gasteiger partial charge < -0.3 is 19.9 Å². The molecule has 0 amide bonds. The van der Waals surface area contributed by atoms with Crippen molar-refractivity contribution in [2.24, 2.45) is 4.99 Å². The highest BCUT2D eigenvalue weighted by atomic mass is 35.5. The molecule has 2 aliphatic rings. The van der Waals surface area contributed by atoms with Crippen LogP contribution in [-0.2, 0) is 19.1 Å². The molecule has 2 aliphatic heterocycles. The number of hydrogen-bond donors (Lipinski definition) is 2. The number of rotatable bonds is 6. The predicted octanol–water partition coefficient (Wildman–Crippen LogP) is 2.24. The van der Waals surface area contributed by atoms with Crippen LogP contribution in [0.2, 0.25) is 5.02 Å². The molecule has 1 saturated heterocycles. The van der Waals surface area contributed by atoms with Gasteiger partial charge in [-0.2, -0.15) is 0 Å². The van der Waals surface area contributed by atoms with E-state index >= 15 is 0 Å². The summed E-state index contributed by atoms with van der Waals surface area (Å²) < 4.78 is 25.2. The van der Waals surface area contributed by atoms with Crippen LogP contribution in [0.4, 0.5) is 4.39 Å². The fourth-order valence-corrected chi connectivity index (χ4v) is 4.47. The topological polar surface area (TPSA) is 113 Å². The van der Waals surface area contributed by atoms with E-state index in [-0.39, 0.29) is 29.3 Å². The number of carbonyl (C=O) groups excluding carboxylic acids is 1. The second-order valence-electron chi connectivity index (χ2n) is 7.29. The maximum absolute atomic E-state index is 14.9. The number of hydrogen-bond acceptors (Lipinski definition) is 9. The quantitative estimate of drug-likeness (QED) is 0.588. The van der Waals surface area contributed by atoms with Crippen LogP contribution >= 0.6 is 22.9 Å². The third-order valence-electron chi connectivity index (χ3n) is 5.31. The van der Waals surface area contributed by atoms with Gasteiger partial charge in [0.25, 0.3) is 0 Å². The Bertz CT molecular complexity index is 1120. The van der Waals surface area contributed by atoms with Crippen LogP contribution in [0, 0.1) is 5.82 Å². The van der Waals surface area contributed by atoms with Crippen molar-refractivity contribution in [1.82, 2.24) is 15.2 Å². The predicted molar refractivity (Wildman–Crippen MR) is 119 cm³/mol. The van der Waals surface area contributed by atoms with E-state index < -0.39 is 29.8 Å². The van der Waals surface area contributed by atoms with Crippen LogP contribution < -0.4 is 5.32 Å². The molecular weight excluding hydrogens is 475 g/mol. The summed E-state index contributed by atoms with van der Waals surface area (Å²) in [5, 5.41) is 15.2. The van der Waals surface area contributed by atoms with E-state index in [1.54, 1.807) is 16.5 Å². The molecule has 2 atom stereocenters. The van der Waals surface area contributed by atoms with E-state index in [4.69, 9.17) is 21.1 Å². The summed E-state index contributed by atoms with van der Waals surface area (Å²) in [6.07, 6.45) is 1.60. The molecule has 4 rings (SSSR count). The molecule has 174 valence electrons. The van der Waals surface area contributed by atoms with Crippen molar-refractivity contribution in [2.45, 2.75) is 12.1 Å². The van der Waals surface area contributed by atoms with Gasteiger partial charge in [0.2, 0.25) is 0 Å². The molecular formula is C21H20ClFN4O5S. The number of thiazole rings is 1. The van der Waals surface area contributed by atoms with E-state index in [1.165, 1.54) is 30.6 Å². The fourth-order valence-electron chi connectivity index (χ4n) is 3.73. The van der Waals surface area contributed by atoms with Crippen molar-refractivity contribution in [3.8, 4) is 0 Å². The molecule has 9 nitrogen and oxygen atoms in total. The average Bonchev–Trinajstić information content (AvgIpc) is 3.33. The molecule has 1 fully saturated rings. The van der Waals surface area contributed by atoms with Crippen LogP contribution in [0.5, 0.6) is 0 Å². The third kappa shape index (κ3) is 4.91. The van der Waals surface area contributed by atoms with Gasteiger partial charge in [-0.25, -0.2) is 14.2 Å². The van der Waals surface area contributed by atoms with Gasteiger partial charge in [-0.1, -0.05) is 17.7 Å². The number of aromatic nitrogens is 1. The molecule has 33 heavy (non-hydrogen) atoms. The molecule has 0 aliphatic carbocycles. The average molecular weight is 495 g/mol. The van der Waals surface area contributed by atoms with Gasteiger partial charge >= 0.3 is 11.9 Å². The Morgan fingerprint density at radius 1 is 1.45 bits per heavy atom. The second-order valence-corrected chi connectivity index (χ2v) is 8.62. The minimum absolute atomic E-state index is 0.0127. The summed E-state index contributed by atoms with van der Waals surface area (Å²) in [6.45, 7) is 0.743. The Balaban J connectivity index is 1.83. The smallest absolute Gasteiger partial charge is 0.338 e. The first-order chi connectivity index (χ1) is 15.9. The number of esters is 1. The first-order valence-electron chi connectivity index (χ1n) is 9.94. The highest BCUT2D eigenvalue weighted by molar-refractivity contribution is 7.11. The number of benzene rings is 1. The molecule has 1 aromatic carbocycles. The first kappa shape index (κ1) is 23.3. The number of methoxy groups -OCH3 is 1. The van der Waals surface area contributed by atoms with Gasteiger partial charge in [0.15, 0.2) is 10.8 Å². The molecule has 3 heterocycles. The number of aliphatic carboxylic acids is 1. The molecule has 0 bridgehead atoms. The number of carbonyl (C=O) groups is 2. The monoisotopic (exact) mass is 494 g/mol. The molecule has 2 N–H and O–H groups in total. The van der Waals surface area contributed by atoms with Gasteiger partial charge in [0.05, 0.1) is 25.9 Å². The summed E-state index contributed by atoms with van der Waals surface area (Å²) in [6, 6.07) is 2.17. The number of nitrogens with zero attached hydrogens (tertiary/aromatic N) is 3. The number of carboxylic acid groups (broad SMARTS) is 1. The lowest BCUT2D eigenvalue weighted by Crippen LogP contribution is -2.52. The highest BCUT2D eigenvalue weighted by Gasteiger charge is 2.37. The molecule has 0 radical (unpaired) electrons. The normalized spacial score (nSPS) is 21.4. The van der Waals surface area contributed by atoms with Crippen LogP contribution in [0.3, 0.4) is 0 Å². The molecule has 0 saturated carbocycles. The van der Waals surface area contributed by atoms with E-state index in [0.29, 0.717) is 29.7 Å². The minimum Gasteiger partial charge on any atom is -0.480 e. The van der Waals surface area contributed by atoms with Crippen molar-refractivity contribution in [1.29, 1.82) is 0 Å². The molecule has 2 aromatic rings. The molecule has 0 unspecified atom stereocenters. The summed E-state index contributed by atoms with van der Waals surface area (Å²) in [5.41, 5.74) is 0.564. The van der Waals surface area contributed by atoms with E-state index in [9.17, 15) is 19.1 Å². The summed E-state index contributed by atoms with van der Waals surface area (Å²) in [5.74, 6) is -2.04. The van der Waals surface area contributed by atoms with Crippen molar-refractivity contribution < 1.29 is 28.6 Å². The second kappa shape index (κ2) is 9.96. The Morgan fingerprint density at radius 3 is 2.94 bits per heavy atom. The zero-order chi connectivity index (χ0) is 23.5. The van der Waals surface area contributed by atoms with Crippen molar-refractivity contribution in [3.05, 3.63) is 62.5 Å². The fraction of sp³-hybridized carbons (Fsp3) is 0.333. The van der Waals surface area contributed by atoms with Crippen molar-refractivity contribution in [3.63, 3.8) is 0 Å². The number of morpholine rings is 1. The Hall–Kier alpha value is -2.86. The first-order valence-corrected chi connectivity index (χ1v) is 11.2.